The number of ketones is 1. The minimum Gasteiger partial charge on any atom is -0.452 e. The molecule has 2 N–H and O–H groups in total. The van der Waals surface area contributed by atoms with Crippen molar-refractivity contribution in [3.8, 4) is 0 Å². The fourth-order valence-corrected chi connectivity index (χ4v) is 3.55. The van der Waals surface area contributed by atoms with Crippen molar-refractivity contribution < 1.29 is 27.5 Å². The Bertz CT molecular complexity index is 1070. The van der Waals surface area contributed by atoms with Gasteiger partial charge in [0, 0.05) is 12.6 Å². The van der Waals surface area contributed by atoms with E-state index in [-0.39, 0.29) is 10.7 Å². The molecular formula is C19H24N4O6S. The molecule has 0 radical (unpaired) electrons. The number of rotatable bonds is 8. The number of nitrogens with zero attached hydrogens (tertiary/aromatic N) is 2. The number of aryl methyl sites for hydroxylation is 2. The number of hydrogen-bond donors (Lipinski definition) is 2. The number of sulfonamides is 1. The Hall–Kier alpha value is -3.05. The van der Waals surface area contributed by atoms with E-state index in [2.05, 4.69) is 15.1 Å². The zero-order valence-electron chi connectivity index (χ0n) is 17.3. The first-order valence-electron chi connectivity index (χ1n) is 9.03. The number of benzene rings is 1. The first kappa shape index (κ1) is 23.2. The summed E-state index contributed by atoms with van der Waals surface area (Å²) in [5.41, 5.74) is 2.25. The summed E-state index contributed by atoms with van der Waals surface area (Å²) in [6.07, 6.45) is -1.14. The second kappa shape index (κ2) is 9.18. The van der Waals surface area contributed by atoms with E-state index in [1.807, 2.05) is 0 Å². The molecule has 1 atom stereocenters. The van der Waals surface area contributed by atoms with E-state index >= 15 is 0 Å². The molecule has 11 heteroatoms. The second-order valence-corrected chi connectivity index (χ2v) is 8.46. The van der Waals surface area contributed by atoms with Crippen LogP contribution in [0.15, 0.2) is 29.2 Å². The van der Waals surface area contributed by atoms with Crippen molar-refractivity contribution in [2.24, 2.45) is 7.05 Å². The Morgan fingerprint density at radius 2 is 1.77 bits per heavy atom. The van der Waals surface area contributed by atoms with E-state index in [9.17, 15) is 22.8 Å². The smallest absolute Gasteiger partial charge is 0.321 e. The molecule has 10 nitrogen and oxygen atoms in total. The predicted octanol–water partition coefficient (Wildman–Crippen LogP) is 1.09. The van der Waals surface area contributed by atoms with Crippen LogP contribution in [0.1, 0.15) is 35.6 Å². The zero-order valence-corrected chi connectivity index (χ0v) is 18.2. The van der Waals surface area contributed by atoms with Crippen LogP contribution < -0.4 is 10.0 Å². The molecule has 0 aliphatic heterocycles. The van der Waals surface area contributed by atoms with Gasteiger partial charge in [-0.2, -0.15) is 9.82 Å². The van der Waals surface area contributed by atoms with E-state index in [0.717, 1.165) is 5.69 Å². The van der Waals surface area contributed by atoms with Crippen molar-refractivity contribution in [3.05, 3.63) is 41.2 Å². The van der Waals surface area contributed by atoms with Crippen LogP contribution in [0, 0.1) is 13.8 Å². The molecule has 2 aromatic rings. The van der Waals surface area contributed by atoms with Crippen LogP contribution in [0.4, 0.5) is 5.69 Å². The van der Waals surface area contributed by atoms with E-state index in [4.69, 9.17) is 4.74 Å². The normalized spacial score (nSPS) is 12.3. The van der Waals surface area contributed by atoms with Gasteiger partial charge in [-0.3, -0.25) is 19.1 Å². The molecule has 0 saturated carbocycles. The van der Waals surface area contributed by atoms with Gasteiger partial charge in [-0.15, -0.1) is 0 Å². The molecule has 0 fully saturated rings. The number of amides is 1. The largest absolute Gasteiger partial charge is 0.452 e. The number of nitrogens with one attached hydrogen (secondary N) is 2. The summed E-state index contributed by atoms with van der Waals surface area (Å²) >= 11 is 0. The lowest BCUT2D eigenvalue weighted by atomic mass is 10.2. The zero-order chi connectivity index (χ0) is 22.6. The first-order valence-corrected chi connectivity index (χ1v) is 10.5. The van der Waals surface area contributed by atoms with Gasteiger partial charge in [0.05, 0.1) is 22.0 Å². The van der Waals surface area contributed by atoms with Crippen LogP contribution in [-0.4, -0.2) is 48.5 Å². The third kappa shape index (κ3) is 5.51. The van der Waals surface area contributed by atoms with Crippen molar-refractivity contribution >= 4 is 33.4 Å². The monoisotopic (exact) mass is 436 g/mol. The number of Topliss-reactive ketones (excluding diaryl/α,β-unsaturated/α-hetero) is 1. The highest BCUT2D eigenvalue weighted by Crippen LogP contribution is 2.18. The van der Waals surface area contributed by atoms with Gasteiger partial charge in [-0.25, -0.2) is 8.42 Å². The van der Waals surface area contributed by atoms with Gasteiger partial charge in [0.2, 0.25) is 10.0 Å². The molecular weight excluding hydrogens is 412 g/mol. The lowest BCUT2D eigenvalue weighted by molar-refractivity contribution is -0.151. The maximum atomic E-state index is 12.3. The summed E-state index contributed by atoms with van der Waals surface area (Å²) < 4.78 is 33.2. The summed E-state index contributed by atoms with van der Waals surface area (Å²) in [6, 6.07) is 5.28. The molecule has 0 aliphatic rings. The Morgan fingerprint density at radius 1 is 1.17 bits per heavy atom. The van der Waals surface area contributed by atoms with Crippen molar-refractivity contribution in [2.45, 2.75) is 38.7 Å². The highest BCUT2D eigenvalue weighted by atomic mass is 32.2. The molecule has 1 amide bonds. The van der Waals surface area contributed by atoms with E-state index in [0.29, 0.717) is 16.9 Å². The standard InChI is InChI=1S/C19H24N4O6S/c1-11-18(12(2)23(5)22-11)21-19(26)14(4)29-17(25)10-20-30(27,28)16-8-6-15(7-9-16)13(3)24/h6-9,14,20H,10H2,1-5H3,(H,21,26). The number of aromatic nitrogens is 2. The maximum Gasteiger partial charge on any atom is 0.321 e. The predicted molar refractivity (Wildman–Crippen MR) is 109 cm³/mol. The highest BCUT2D eigenvalue weighted by Gasteiger charge is 2.22. The lowest BCUT2D eigenvalue weighted by Crippen LogP contribution is -2.36. The van der Waals surface area contributed by atoms with Gasteiger partial charge in [0.25, 0.3) is 5.91 Å². The lowest BCUT2D eigenvalue weighted by Gasteiger charge is -2.14. The van der Waals surface area contributed by atoms with E-state index < -0.39 is 34.5 Å². The number of carbonyl (C=O) groups is 3. The van der Waals surface area contributed by atoms with Gasteiger partial charge in [0.15, 0.2) is 11.9 Å². The summed E-state index contributed by atoms with van der Waals surface area (Å²) in [7, 11) is -2.25. The van der Waals surface area contributed by atoms with Gasteiger partial charge < -0.3 is 10.1 Å². The van der Waals surface area contributed by atoms with Crippen LogP contribution in [-0.2, 0) is 31.4 Å². The van der Waals surface area contributed by atoms with E-state index in [1.54, 1.807) is 25.6 Å². The molecule has 1 unspecified atom stereocenters. The third-order valence-corrected chi connectivity index (χ3v) is 5.83. The average molecular weight is 436 g/mol. The molecule has 0 spiro atoms. The second-order valence-electron chi connectivity index (χ2n) is 6.70. The molecule has 0 aliphatic carbocycles. The Kier molecular flexibility index (Phi) is 7.11. The van der Waals surface area contributed by atoms with Crippen LogP contribution in [0.5, 0.6) is 0 Å². The quantitative estimate of drug-likeness (QED) is 0.467. The number of hydrogen-bond acceptors (Lipinski definition) is 7. The fourth-order valence-electron chi connectivity index (χ4n) is 2.58. The molecule has 1 aromatic carbocycles. The molecule has 1 heterocycles. The Balaban J connectivity index is 1.92. The van der Waals surface area contributed by atoms with Gasteiger partial charge in [-0.1, -0.05) is 12.1 Å². The van der Waals surface area contributed by atoms with Gasteiger partial charge in [0.1, 0.15) is 6.54 Å². The maximum absolute atomic E-state index is 12.3. The Labute approximate surface area is 174 Å². The molecule has 0 bridgehead atoms. The first-order chi connectivity index (χ1) is 13.9. The van der Waals surface area contributed by atoms with Gasteiger partial charge >= 0.3 is 5.97 Å². The minimum absolute atomic E-state index is 0.103. The van der Waals surface area contributed by atoms with Crippen LogP contribution in [0.25, 0.3) is 0 Å². The summed E-state index contributed by atoms with van der Waals surface area (Å²) in [5.74, 6) is -1.68. The highest BCUT2D eigenvalue weighted by molar-refractivity contribution is 7.89. The van der Waals surface area contributed by atoms with Crippen LogP contribution in [0.2, 0.25) is 0 Å². The molecule has 1 aromatic heterocycles. The number of ether oxygens (including phenoxy) is 1. The van der Waals surface area contributed by atoms with Crippen molar-refractivity contribution in [1.82, 2.24) is 14.5 Å². The number of esters is 1. The molecule has 2 rings (SSSR count). The number of carbonyl (C=O) groups excluding carboxylic acids is 3. The third-order valence-electron chi connectivity index (χ3n) is 4.41. The average Bonchev–Trinajstić information content (AvgIpc) is 2.92. The molecule has 30 heavy (non-hydrogen) atoms. The summed E-state index contributed by atoms with van der Waals surface area (Å²) in [6.45, 7) is 5.61. The summed E-state index contributed by atoms with van der Waals surface area (Å²) in [5, 5.41) is 6.83. The van der Waals surface area contributed by atoms with Crippen molar-refractivity contribution in [3.63, 3.8) is 0 Å². The molecule has 162 valence electrons. The minimum atomic E-state index is -3.98. The van der Waals surface area contributed by atoms with Crippen molar-refractivity contribution in [1.29, 1.82) is 0 Å². The fraction of sp³-hybridized carbons (Fsp3) is 0.368. The topological polar surface area (TPSA) is 136 Å². The Morgan fingerprint density at radius 3 is 2.27 bits per heavy atom. The molecule has 0 saturated heterocycles. The van der Waals surface area contributed by atoms with Crippen LogP contribution in [0.3, 0.4) is 0 Å². The van der Waals surface area contributed by atoms with Crippen LogP contribution >= 0.6 is 0 Å². The van der Waals surface area contributed by atoms with Crippen molar-refractivity contribution in [2.75, 3.05) is 11.9 Å². The summed E-state index contributed by atoms with van der Waals surface area (Å²) in [4.78, 5) is 35.4. The van der Waals surface area contributed by atoms with E-state index in [1.165, 1.54) is 38.1 Å². The van der Waals surface area contributed by atoms with Gasteiger partial charge in [-0.05, 0) is 39.8 Å². The SMILES string of the molecule is CC(=O)c1ccc(S(=O)(=O)NCC(=O)OC(C)C(=O)Nc2c(C)nn(C)c2C)cc1. The number of anilines is 1.